The molecule has 0 saturated carbocycles. The standard InChI is InChI=1S/C16H23NO3S/c1-13(2)11-17(7-9-20-3)16(19)14-10-15(21-12-14)6-4-5-8-18/h10,12-13,18H,5,7-9,11H2,1-3H3. The lowest BCUT2D eigenvalue weighted by Gasteiger charge is -2.23. The average Bonchev–Trinajstić information content (AvgIpc) is 2.91. The minimum Gasteiger partial charge on any atom is -0.395 e. The summed E-state index contributed by atoms with van der Waals surface area (Å²) in [4.78, 5) is 15.2. The van der Waals surface area contributed by atoms with Gasteiger partial charge in [-0.05, 0) is 12.0 Å². The van der Waals surface area contributed by atoms with Gasteiger partial charge in [0.25, 0.3) is 5.91 Å². The minimum absolute atomic E-state index is 0.0206. The highest BCUT2D eigenvalue weighted by Crippen LogP contribution is 2.16. The Kier molecular flexibility index (Phi) is 8.06. The highest BCUT2D eigenvalue weighted by atomic mass is 32.1. The Morgan fingerprint density at radius 2 is 2.29 bits per heavy atom. The Morgan fingerprint density at radius 3 is 2.90 bits per heavy atom. The molecule has 0 bridgehead atoms. The van der Waals surface area contributed by atoms with Crippen molar-refractivity contribution in [2.75, 3.05) is 33.4 Å². The maximum absolute atomic E-state index is 12.5. The molecule has 0 fully saturated rings. The fourth-order valence-corrected chi connectivity index (χ4v) is 2.57. The summed E-state index contributed by atoms with van der Waals surface area (Å²) < 4.78 is 5.07. The first-order valence-corrected chi connectivity index (χ1v) is 7.93. The molecule has 1 N–H and O–H groups in total. The zero-order valence-corrected chi connectivity index (χ0v) is 13.7. The molecule has 1 aromatic heterocycles. The van der Waals surface area contributed by atoms with Crippen molar-refractivity contribution in [2.24, 2.45) is 5.92 Å². The molecular weight excluding hydrogens is 286 g/mol. The number of nitrogens with zero attached hydrogens (tertiary/aromatic N) is 1. The van der Waals surface area contributed by atoms with E-state index in [2.05, 4.69) is 25.7 Å². The highest BCUT2D eigenvalue weighted by Gasteiger charge is 2.17. The van der Waals surface area contributed by atoms with Crippen molar-refractivity contribution >= 4 is 17.2 Å². The van der Waals surface area contributed by atoms with Crippen molar-refractivity contribution in [3.8, 4) is 11.8 Å². The summed E-state index contributed by atoms with van der Waals surface area (Å²) in [6.45, 7) is 6.08. The lowest BCUT2D eigenvalue weighted by molar-refractivity contribution is 0.0673. The monoisotopic (exact) mass is 309 g/mol. The predicted molar refractivity (Wildman–Crippen MR) is 85.5 cm³/mol. The number of amides is 1. The van der Waals surface area contributed by atoms with Gasteiger partial charge >= 0.3 is 0 Å². The fraction of sp³-hybridized carbons (Fsp3) is 0.562. The van der Waals surface area contributed by atoms with Gasteiger partial charge < -0.3 is 14.7 Å². The Balaban J connectivity index is 2.76. The SMILES string of the molecule is COCCN(CC(C)C)C(=O)c1csc(C#CCCO)c1. The van der Waals surface area contributed by atoms with Gasteiger partial charge in [0.1, 0.15) is 0 Å². The smallest absolute Gasteiger partial charge is 0.254 e. The molecule has 1 heterocycles. The van der Waals surface area contributed by atoms with E-state index in [-0.39, 0.29) is 12.5 Å². The van der Waals surface area contributed by atoms with Crippen molar-refractivity contribution in [2.45, 2.75) is 20.3 Å². The molecule has 0 aromatic carbocycles. The Morgan fingerprint density at radius 1 is 1.52 bits per heavy atom. The van der Waals surface area contributed by atoms with Crippen molar-refractivity contribution < 1.29 is 14.6 Å². The molecule has 0 aliphatic rings. The van der Waals surface area contributed by atoms with E-state index >= 15 is 0 Å². The number of carbonyl (C=O) groups is 1. The molecule has 5 heteroatoms. The van der Waals surface area contributed by atoms with Crippen molar-refractivity contribution in [1.82, 2.24) is 4.90 Å². The average molecular weight is 309 g/mol. The summed E-state index contributed by atoms with van der Waals surface area (Å²) in [6.07, 6.45) is 0.453. The summed E-state index contributed by atoms with van der Waals surface area (Å²) in [5, 5.41) is 10.5. The van der Waals surface area contributed by atoms with Crippen LogP contribution in [0.2, 0.25) is 0 Å². The maximum atomic E-state index is 12.5. The van der Waals surface area contributed by atoms with Crippen molar-refractivity contribution in [1.29, 1.82) is 0 Å². The van der Waals surface area contributed by atoms with Crippen LogP contribution in [0.15, 0.2) is 11.4 Å². The van der Waals surface area contributed by atoms with Gasteiger partial charge in [-0.3, -0.25) is 4.79 Å². The molecule has 0 saturated heterocycles. The number of ether oxygens (including phenoxy) is 1. The highest BCUT2D eigenvalue weighted by molar-refractivity contribution is 7.10. The van der Waals surface area contributed by atoms with E-state index in [0.717, 1.165) is 4.88 Å². The number of hydrogen-bond donors (Lipinski definition) is 1. The second-order valence-corrected chi connectivity index (χ2v) is 6.02. The Hall–Kier alpha value is -1.35. The van der Waals surface area contributed by atoms with Gasteiger partial charge in [0, 0.05) is 32.0 Å². The molecule has 0 unspecified atom stereocenters. The summed E-state index contributed by atoms with van der Waals surface area (Å²) in [6, 6.07) is 1.82. The van der Waals surface area contributed by atoms with Crippen molar-refractivity contribution in [3.63, 3.8) is 0 Å². The van der Waals surface area contributed by atoms with Crippen LogP contribution in [0, 0.1) is 17.8 Å². The molecule has 21 heavy (non-hydrogen) atoms. The molecule has 4 nitrogen and oxygen atoms in total. The van der Waals surface area contributed by atoms with Gasteiger partial charge in [-0.1, -0.05) is 25.7 Å². The summed E-state index contributed by atoms with van der Waals surface area (Å²) in [5.74, 6) is 6.25. The number of carbonyl (C=O) groups excluding carboxylic acids is 1. The maximum Gasteiger partial charge on any atom is 0.254 e. The third kappa shape index (κ3) is 6.30. The van der Waals surface area contributed by atoms with Crippen LogP contribution < -0.4 is 0 Å². The van der Waals surface area contributed by atoms with E-state index in [1.54, 1.807) is 7.11 Å². The molecule has 0 aliphatic carbocycles. The first kappa shape index (κ1) is 17.7. The zero-order valence-electron chi connectivity index (χ0n) is 12.9. The number of aliphatic hydroxyl groups excluding tert-OH is 1. The molecule has 1 aromatic rings. The summed E-state index contributed by atoms with van der Waals surface area (Å²) >= 11 is 1.45. The van der Waals surface area contributed by atoms with Gasteiger partial charge in [-0.25, -0.2) is 0 Å². The summed E-state index contributed by atoms with van der Waals surface area (Å²) in [7, 11) is 1.64. The number of methoxy groups -OCH3 is 1. The molecular formula is C16H23NO3S. The van der Waals surface area contributed by atoms with Gasteiger partial charge in [0.2, 0.25) is 0 Å². The number of rotatable bonds is 7. The van der Waals surface area contributed by atoms with E-state index in [9.17, 15) is 4.79 Å². The lowest BCUT2D eigenvalue weighted by Crippen LogP contribution is -2.36. The first-order chi connectivity index (χ1) is 10.1. The Labute approximate surface area is 130 Å². The van der Waals surface area contributed by atoms with Gasteiger partial charge in [-0.2, -0.15) is 0 Å². The molecule has 0 spiro atoms. The van der Waals surface area contributed by atoms with Gasteiger partial charge in [-0.15, -0.1) is 11.3 Å². The second-order valence-electron chi connectivity index (χ2n) is 5.11. The number of aliphatic hydroxyl groups is 1. The van der Waals surface area contributed by atoms with Crippen LogP contribution in [-0.2, 0) is 4.74 Å². The van der Waals surface area contributed by atoms with Gasteiger partial charge in [0.15, 0.2) is 0 Å². The van der Waals surface area contributed by atoms with E-state index in [0.29, 0.717) is 37.6 Å². The van der Waals surface area contributed by atoms with Crippen LogP contribution in [-0.4, -0.2) is 49.3 Å². The quantitative estimate of drug-likeness (QED) is 0.786. The van der Waals surface area contributed by atoms with Crippen LogP contribution in [0.3, 0.4) is 0 Å². The van der Waals surface area contributed by atoms with Crippen LogP contribution in [0.5, 0.6) is 0 Å². The third-order valence-electron chi connectivity index (χ3n) is 2.73. The Bertz CT molecular complexity index is 499. The third-order valence-corrected chi connectivity index (χ3v) is 3.58. The van der Waals surface area contributed by atoms with E-state index in [1.165, 1.54) is 11.3 Å². The van der Waals surface area contributed by atoms with E-state index in [4.69, 9.17) is 9.84 Å². The minimum atomic E-state index is 0.0206. The lowest BCUT2D eigenvalue weighted by atomic mass is 10.2. The fourth-order valence-electron chi connectivity index (χ4n) is 1.82. The van der Waals surface area contributed by atoms with Crippen molar-refractivity contribution in [3.05, 3.63) is 21.9 Å². The topological polar surface area (TPSA) is 49.8 Å². The van der Waals surface area contributed by atoms with Crippen LogP contribution >= 0.6 is 11.3 Å². The van der Waals surface area contributed by atoms with Crippen LogP contribution in [0.4, 0.5) is 0 Å². The normalized spacial score (nSPS) is 10.3. The molecule has 0 aliphatic heterocycles. The predicted octanol–water partition coefficient (Wildman–Crippen LogP) is 2.23. The molecule has 1 amide bonds. The van der Waals surface area contributed by atoms with Crippen LogP contribution in [0.1, 0.15) is 35.5 Å². The van der Waals surface area contributed by atoms with Crippen LogP contribution in [0.25, 0.3) is 0 Å². The molecule has 0 atom stereocenters. The number of hydrogen-bond acceptors (Lipinski definition) is 4. The largest absolute Gasteiger partial charge is 0.395 e. The molecule has 116 valence electrons. The first-order valence-electron chi connectivity index (χ1n) is 7.05. The summed E-state index contributed by atoms with van der Waals surface area (Å²) in [5.41, 5.74) is 0.671. The molecule has 1 rings (SSSR count). The molecule has 0 radical (unpaired) electrons. The number of thiophene rings is 1. The van der Waals surface area contributed by atoms with E-state index < -0.39 is 0 Å². The van der Waals surface area contributed by atoms with Gasteiger partial charge in [0.05, 0.1) is 23.7 Å². The second kappa shape index (κ2) is 9.56. The van der Waals surface area contributed by atoms with E-state index in [1.807, 2.05) is 16.3 Å². The zero-order chi connectivity index (χ0) is 15.7.